The van der Waals surface area contributed by atoms with Crippen LogP contribution in [0.15, 0.2) is 0 Å². The molecule has 3 heteroatoms. The van der Waals surface area contributed by atoms with Crippen molar-refractivity contribution in [3.63, 3.8) is 0 Å². The van der Waals surface area contributed by atoms with Gasteiger partial charge in [-0.15, -0.1) is 0 Å². The summed E-state index contributed by atoms with van der Waals surface area (Å²) in [7, 11) is 2.11. The third-order valence-electron chi connectivity index (χ3n) is 2.49. The van der Waals surface area contributed by atoms with Crippen molar-refractivity contribution >= 4 is 0 Å². The molecule has 1 aliphatic heterocycles. The van der Waals surface area contributed by atoms with Gasteiger partial charge in [-0.25, -0.2) is 0 Å². The maximum absolute atomic E-state index is 9.28. The van der Waals surface area contributed by atoms with E-state index in [1.807, 2.05) is 0 Å². The Morgan fingerprint density at radius 2 is 2.45 bits per heavy atom. The topological polar surface area (TPSA) is 49.5 Å². The van der Waals surface area contributed by atoms with Gasteiger partial charge in [-0.2, -0.15) is 0 Å². The van der Waals surface area contributed by atoms with Crippen LogP contribution in [0.1, 0.15) is 19.3 Å². The van der Waals surface area contributed by atoms with Gasteiger partial charge in [-0.05, 0) is 32.9 Å². The molecule has 1 saturated heterocycles. The summed E-state index contributed by atoms with van der Waals surface area (Å²) in [5.74, 6) is 0. The monoisotopic (exact) mass is 158 g/mol. The summed E-state index contributed by atoms with van der Waals surface area (Å²) in [6.07, 6.45) is 3.01. The molecule has 0 aliphatic carbocycles. The van der Waals surface area contributed by atoms with E-state index in [-0.39, 0.29) is 6.10 Å². The van der Waals surface area contributed by atoms with Gasteiger partial charge in [-0.3, -0.25) is 0 Å². The second-order valence-electron chi connectivity index (χ2n) is 3.40. The molecule has 0 spiro atoms. The van der Waals surface area contributed by atoms with Crippen molar-refractivity contribution in [1.29, 1.82) is 0 Å². The number of aliphatic hydroxyl groups excluding tert-OH is 1. The maximum atomic E-state index is 9.28. The summed E-state index contributed by atoms with van der Waals surface area (Å²) in [6.45, 7) is 1.56. The van der Waals surface area contributed by atoms with Crippen LogP contribution in [0.4, 0.5) is 0 Å². The Hall–Kier alpha value is -0.120. The number of likely N-dealkylation sites (tertiary alicyclic amines) is 1. The molecular formula is C8H18N2O. The number of aliphatic hydroxyl groups is 1. The van der Waals surface area contributed by atoms with E-state index < -0.39 is 0 Å². The third-order valence-corrected chi connectivity index (χ3v) is 2.49. The number of nitrogens with two attached hydrogens (primary N) is 1. The fourth-order valence-electron chi connectivity index (χ4n) is 1.69. The molecule has 0 bridgehead atoms. The maximum Gasteiger partial charge on any atom is 0.0677 e. The molecule has 0 radical (unpaired) electrons. The number of rotatable bonds is 3. The van der Waals surface area contributed by atoms with Crippen molar-refractivity contribution in [2.24, 2.45) is 5.73 Å². The van der Waals surface area contributed by atoms with Crippen LogP contribution in [0.5, 0.6) is 0 Å². The molecule has 3 nitrogen and oxygen atoms in total. The molecule has 1 unspecified atom stereocenters. The van der Waals surface area contributed by atoms with Crippen molar-refractivity contribution in [1.82, 2.24) is 4.90 Å². The highest BCUT2D eigenvalue weighted by atomic mass is 16.3. The second kappa shape index (κ2) is 4.04. The van der Waals surface area contributed by atoms with E-state index in [4.69, 9.17) is 5.73 Å². The lowest BCUT2D eigenvalue weighted by Gasteiger charge is -2.21. The molecule has 0 saturated carbocycles. The van der Waals surface area contributed by atoms with E-state index in [2.05, 4.69) is 11.9 Å². The zero-order valence-corrected chi connectivity index (χ0v) is 7.16. The van der Waals surface area contributed by atoms with Gasteiger partial charge in [0.1, 0.15) is 0 Å². The molecule has 0 aromatic heterocycles. The summed E-state index contributed by atoms with van der Waals surface area (Å²) in [5, 5.41) is 9.28. The first-order chi connectivity index (χ1) is 5.24. The fraction of sp³-hybridized carbons (Fsp3) is 1.00. The lowest BCUT2D eigenvalue weighted by Crippen LogP contribution is -2.32. The minimum absolute atomic E-state index is 0.305. The van der Waals surface area contributed by atoms with Gasteiger partial charge in [0.05, 0.1) is 6.10 Å². The second-order valence-corrected chi connectivity index (χ2v) is 3.40. The van der Waals surface area contributed by atoms with Crippen molar-refractivity contribution in [2.45, 2.75) is 31.4 Å². The van der Waals surface area contributed by atoms with Gasteiger partial charge in [0, 0.05) is 12.6 Å². The van der Waals surface area contributed by atoms with Gasteiger partial charge in [0.25, 0.3) is 0 Å². The van der Waals surface area contributed by atoms with E-state index >= 15 is 0 Å². The Bertz CT molecular complexity index is 119. The summed E-state index contributed by atoms with van der Waals surface area (Å²) in [6, 6.07) is 0.563. The van der Waals surface area contributed by atoms with Crippen LogP contribution >= 0.6 is 0 Å². The lowest BCUT2D eigenvalue weighted by molar-refractivity contribution is 0.135. The smallest absolute Gasteiger partial charge is 0.0677 e. The molecule has 1 aliphatic rings. The van der Waals surface area contributed by atoms with E-state index in [0.29, 0.717) is 12.6 Å². The Kier molecular flexibility index (Phi) is 3.30. The van der Waals surface area contributed by atoms with Crippen molar-refractivity contribution in [3.8, 4) is 0 Å². The Morgan fingerprint density at radius 3 is 2.91 bits per heavy atom. The van der Waals surface area contributed by atoms with E-state index in [1.165, 1.54) is 19.4 Å². The minimum Gasteiger partial charge on any atom is -0.392 e. The summed E-state index contributed by atoms with van der Waals surface area (Å²) >= 11 is 0. The van der Waals surface area contributed by atoms with Gasteiger partial charge < -0.3 is 15.7 Å². The zero-order chi connectivity index (χ0) is 8.27. The summed E-state index contributed by atoms with van der Waals surface area (Å²) in [4.78, 5) is 2.30. The van der Waals surface area contributed by atoms with Crippen molar-refractivity contribution in [2.75, 3.05) is 20.1 Å². The number of nitrogens with zero attached hydrogens (tertiary/aromatic N) is 1. The predicted octanol–water partition coefficient (Wildman–Crippen LogP) is -0.210. The lowest BCUT2D eigenvalue weighted by atomic mass is 10.1. The fourth-order valence-corrected chi connectivity index (χ4v) is 1.69. The van der Waals surface area contributed by atoms with Gasteiger partial charge >= 0.3 is 0 Å². The Balaban J connectivity index is 2.24. The number of hydrogen-bond donors (Lipinski definition) is 2. The van der Waals surface area contributed by atoms with Crippen molar-refractivity contribution in [3.05, 3.63) is 0 Å². The molecule has 1 rings (SSSR count). The summed E-state index contributed by atoms with van der Waals surface area (Å²) < 4.78 is 0. The summed E-state index contributed by atoms with van der Waals surface area (Å²) in [5.41, 5.74) is 5.33. The van der Waals surface area contributed by atoms with Crippen LogP contribution in [-0.2, 0) is 0 Å². The van der Waals surface area contributed by atoms with Crippen LogP contribution < -0.4 is 5.73 Å². The average Bonchev–Trinajstić information content (AvgIpc) is 2.37. The van der Waals surface area contributed by atoms with Gasteiger partial charge in [0.2, 0.25) is 0 Å². The molecular weight excluding hydrogens is 140 g/mol. The van der Waals surface area contributed by atoms with Gasteiger partial charge in [0.15, 0.2) is 0 Å². The highest BCUT2D eigenvalue weighted by Crippen LogP contribution is 2.18. The third kappa shape index (κ3) is 2.43. The molecule has 0 amide bonds. The van der Waals surface area contributed by atoms with Crippen LogP contribution in [0.2, 0.25) is 0 Å². The molecule has 0 aromatic rings. The highest BCUT2D eigenvalue weighted by Gasteiger charge is 2.22. The first-order valence-electron chi connectivity index (χ1n) is 4.32. The Labute approximate surface area is 68.2 Å². The van der Waals surface area contributed by atoms with Crippen LogP contribution in [0.3, 0.4) is 0 Å². The molecule has 1 fully saturated rings. The zero-order valence-electron chi connectivity index (χ0n) is 7.16. The number of hydrogen-bond acceptors (Lipinski definition) is 3. The molecule has 2 atom stereocenters. The van der Waals surface area contributed by atoms with Crippen LogP contribution in [0.25, 0.3) is 0 Å². The predicted molar refractivity (Wildman–Crippen MR) is 45.3 cm³/mol. The van der Waals surface area contributed by atoms with Crippen LogP contribution in [-0.4, -0.2) is 42.3 Å². The standard InChI is InChI=1S/C8H18N2O/c1-10-4-2-3-7(10)5-8(11)6-9/h7-8,11H,2-6,9H2,1H3/t7?,8-/m0/s1. The highest BCUT2D eigenvalue weighted by molar-refractivity contribution is 4.78. The van der Waals surface area contributed by atoms with Gasteiger partial charge in [-0.1, -0.05) is 0 Å². The van der Waals surface area contributed by atoms with Crippen molar-refractivity contribution < 1.29 is 5.11 Å². The Morgan fingerprint density at radius 1 is 1.73 bits per heavy atom. The van der Waals surface area contributed by atoms with E-state index in [1.54, 1.807) is 0 Å². The van der Waals surface area contributed by atoms with E-state index in [9.17, 15) is 5.11 Å². The normalized spacial score (nSPS) is 29.2. The SMILES string of the molecule is CN1CCCC1C[C@H](O)CN. The van der Waals surface area contributed by atoms with Crippen LogP contribution in [0, 0.1) is 0 Å². The van der Waals surface area contributed by atoms with E-state index in [0.717, 1.165) is 6.42 Å². The molecule has 66 valence electrons. The molecule has 1 heterocycles. The first-order valence-corrected chi connectivity index (χ1v) is 4.32. The largest absolute Gasteiger partial charge is 0.392 e. The molecule has 11 heavy (non-hydrogen) atoms. The minimum atomic E-state index is -0.305. The molecule has 3 N–H and O–H groups in total. The molecule has 0 aromatic carbocycles. The first kappa shape index (κ1) is 8.97. The quantitative estimate of drug-likeness (QED) is 0.597. The average molecular weight is 158 g/mol.